The van der Waals surface area contributed by atoms with E-state index in [1.54, 1.807) is 11.3 Å². The zero-order valence-corrected chi connectivity index (χ0v) is 18.1. The third kappa shape index (κ3) is 4.13. The van der Waals surface area contributed by atoms with Gasteiger partial charge in [-0.05, 0) is 49.5 Å². The van der Waals surface area contributed by atoms with E-state index < -0.39 is 0 Å². The first-order chi connectivity index (χ1) is 14.8. The summed E-state index contributed by atoms with van der Waals surface area (Å²) in [6, 6.07) is 14.1. The first-order valence-corrected chi connectivity index (χ1v) is 11.8. The van der Waals surface area contributed by atoms with Crippen LogP contribution in [0.5, 0.6) is 0 Å². The number of piperazine rings is 1. The lowest BCUT2D eigenvalue weighted by Gasteiger charge is -2.35. The molecule has 2 fully saturated rings. The van der Waals surface area contributed by atoms with Crippen LogP contribution in [0.15, 0.2) is 47.8 Å². The second kappa shape index (κ2) is 8.84. The average molecular weight is 421 g/mol. The fraction of sp³-hybridized carbons (Fsp3) is 0.417. The molecule has 5 rings (SSSR count). The summed E-state index contributed by atoms with van der Waals surface area (Å²) in [5.41, 5.74) is 2.54. The molecule has 0 radical (unpaired) electrons. The molecule has 0 N–H and O–H groups in total. The molecule has 1 aromatic carbocycles. The first-order valence-electron chi connectivity index (χ1n) is 11.0. The summed E-state index contributed by atoms with van der Waals surface area (Å²) >= 11 is 1.66. The van der Waals surface area contributed by atoms with E-state index >= 15 is 0 Å². The molecule has 0 unspecified atom stereocenters. The highest BCUT2D eigenvalue weighted by Crippen LogP contribution is 2.28. The molecule has 0 spiro atoms. The number of carbonyl (C=O) groups excluding carboxylic acids is 1. The van der Waals surface area contributed by atoms with E-state index in [-0.39, 0.29) is 5.91 Å². The third-order valence-corrected chi connectivity index (χ3v) is 7.20. The molecule has 2 saturated heterocycles. The van der Waals surface area contributed by atoms with Gasteiger partial charge in [0.1, 0.15) is 0 Å². The largest absolute Gasteiger partial charge is 0.336 e. The number of benzene rings is 1. The number of aromatic nitrogens is 1. The van der Waals surface area contributed by atoms with Crippen molar-refractivity contribution >= 4 is 28.1 Å². The van der Waals surface area contributed by atoms with Gasteiger partial charge in [-0.2, -0.15) is 0 Å². The van der Waals surface area contributed by atoms with E-state index in [0.717, 1.165) is 66.3 Å². The van der Waals surface area contributed by atoms with Crippen LogP contribution in [-0.2, 0) is 0 Å². The van der Waals surface area contributed by atoms with E-state index in [2.05, 4.69) is 21.2 Å². The molecule has 4 heterocycles. The molecule has 1 amide bonds. The SMILES string of the molecule is O=C(c1cc(-c2cccs2)nc2ccccc12)N1CCN(CCN2CCCC2)CC1. The number of nitrogens with zero attached hydrogens (tertiary/aromatic N) is 4. The number of hydrogen-bond donors (Lipinski definition) is 0. The van der Waals surface area contributed by atoms with Gasteiger partial charge in [0.15, 0.2) is 0 Å². The van der Waals surface area contributed by atoms with Crippen molar-refractivity contribution in [1.29, 1.82) is 0 Å². The molecule has 0 atom stereocenters. The second-order valence-electron chi connectivity index (χ2n) is 8.23. The standard InChI is InChI=1S/C24H28N4OS/c29-24(28-15-13-27(14-16-28)12-11-26-9-3-4-10-26)20-18-22(23-8-5-17-30-23)25-21-7-2-1-6-19(20)21/h1-2,5-8,17-18H,3-4,9-16H2. The quantitative estimate of drug-likeness (QED) is 0.629. The lowest BCUT2D eigenvalue weighted by atomic mass is 10.1. The van der Waals surface area contributed by atoms with Crippen LogP contribution in [-0.4, -0.2) is 77.9 Å². The predicted molar refractivity (Wildman–Crippen MR) is 123 cm³/mol. The van der Waals surface area contributed by atoms with Crippen molar-refractivity contribution in [3.8, 4) is 10.6 Å². The normalized spacial score (nSPS) is 18.3. The lowest BCUT2D eigenvalue weighted by molar-refractivity contribution is 0.0628. The molecule has 0 saturated carbocycles. The third-order valence-electron chi connectivity index (χ3n) is 6.31. The Morgan fingerprint density at radius 2 is 1.63 bits per heavy atom. The molecule has 30 heavy (non-hydrogen) atoms. The number of thiophene rings is 1. The van der Waals surface area contributed by atoms with Gasteiger partial charge in [-0.25, -0.2) is 4.98 Å². The summed E-state index contributed by atoms with van der Waals surface area (Å²) in [6.45, 7) is 8.28. The Bertz CT molecular complexity index is 1010. The van der Waals surface area contributed by atoms with Gasteiger partial charge >= 0.3 is 0 Å². The monoisotopic (exact) mass is 420 g/mol. The maximum Gasteiger partial charge on any atom is 0.254 e. The van der Waals surface area contributed by atoms with Crippen molar-refractivity contribution in [3.05, 3.63) is 53.4 Å². The summed E-state index contributed by atoms with van der Waals surface area (Å²) < 4.78 is 0. The molecule has 6 heteroatoms. The maximum atomic E-state index is 13.5. The number of rotatable bonds is 5. The number of hydrogen-bond acceptors (Lipinski definition) is 5. The van der Waals surface area contributed by atoms with Crippen LogP contribution < -0.4 is 0 Å². The summed E-state index contributed by atoms with van der Waals surface area (Å²) in [5.74, 6) is 0.130. The molecule has 3 aromatic rings. The molecule has 0 bridgehead atoms. The molecule has 2 aliphatic heterocycles. The number of amides is 1. The number of carbonyl (C=O) groups is 1. The van der Waals surface area contributed by atoms with E-state index in [1.807, 2.05) is 41.3 Å². The summed E-state index contributed by atoms with van der Waals surface area (Å²) in [6.07, 6.45) is 2.69. The Kier molecular flexibility index (Phi) is 5.79. The molecule has 5 nitrogen and oxygen atoms in total. The summed E-state index contributed by atoms with van der Waals surface area (Å²) in [7, 11) is 0. The Morgan fingerprint density at radius 1 is 0.900 bits per heavy atom. The molecule has 156 valence electrons. The minimum absolute atomic E-state index is 0.130. The van der Waals surface area contributed by atoms with Gasteiger partial charge in [0.25, 0.3) is 5.91 Å². The summed E-state index contributed by atoms with van der Waals surface area (Å²) in [5, 5.41) is 2.99. The van der Waals surface area contributed by atoms with Gasteiger partial charge < -0.3 is 9.80 Å². The van der Waals surface area contributed by atoms with Crippen LogP contribution in [0.3, 0.4) is 0 Å². The minimum atomic E-state index is 0.130. The first kappa shape index (κ1) is 19.7. The number of fused-ring (bicyclic) bond motifs is 1. The Labute approximate surface area is 181 Å². The number of likely N-dealkylation sites (tertiary alicyclic amines) is 1. The molecular weight excluding hydrogens is 392 g/mol. The van der Waals surface area contributed by atoms with Gasteiger partial charge in [-0.15, -0.1) is 11.3 Å². The van der Waals surface area contributed by atoms with Crippen LogP contribution >= 0.6 is 11.3 Å². The van der Waals surface area contributed by atoms with E-state index in [0.29, 0.717) is 0 Å². The van der Waals surface area contributed by atoms with Gasteiger partial charge in [0.05, 0.1) is 21.7 Å². The van der Waals surface area contributed by atoms with Gasteiger partial charge in [-0.1, -0.05) is 24.3 Å². The van der Waals surface area contributed by atoms with Gasteiger partial charge in [-0.3, -0.25) is 9.69 Å². The highest BCUT2D eigenvalue weighted by Gasteiger charge is 2.25. The van der Waals surface area contributed by atoms with E-state index in [1.165, 1.54) is 25.9 Å². The topological polar surface area (TPSA) is 39.7 Å². The molecular formula is C24H28N4OS. The summed E-state index contributed by atoms with van der Waals surface area (Å²) in [4.78, 5) is 26.5. The van der Waals surface area contributed by atoms with Crippen molar-refractivity contribution in [3.63, 3.8) is 0 Å². The van der Waals surface area contributed by atoms with E-state index in [4.69, 9.17) is 4.98 Å². The Morgan fingerprint density at radius 3 is 2.37 bits per heavy atom. The van der Waals surface area contributed by atoms with Crippen molar-refractivity contribution in [2.45, 2.75) is 12.8 Å². The highest BCUT2D eigenvalue weighted by molar-refractivity contribution is 7.13. The number of para-hydroxylation sites is 1. The second-order valence-corrected chi connectivity index (χ2v) is 9.18. The predicted octanol–water partition coefficient (Wildman–Crippen LogP) is 3.82. The van der Waals surface area contributed by atoms with Crippen LogP contribution in [0, 0.1) is 0 Å². The van der Waals surface area contributed by atoms with Crippen LogP contribution in [0.4, 0.5) is 0 Å². The fourth-order valence-electron chi connectivity index (χ4n) is 4.54. The van der Waals surface area contributed by atoms with Crippen LogP contribution in [0.1, 0.15) is 23.2 Å². The van der Waals surface area contributed by atoms with Gasteiger partial charge in [0.2, 0.25) is 0 Å². The Hall–Kier alpha value is -2.28. The van der Waals surface area contributed by atoms with Crippen molar-refractivity contribution in [2.75, 3.05) is 52.4 Å². The zero-order valence-electron chi connectivity index (χ0n) is 17.3. The van der Waals surface area contributed by atoms with Crippen molar-refractivity contribution in [1.82, 2.24) is 19.7 Å². The molecule has 2 aliphatic rings. The maximum absolute atomic E-state index is 13.5. The molecule has 0 aliphatic carbocycles. The fourth-order valence-corrected chi connectivity index (χ4v) is 5.22. The van der Waals surface area contributed by atoms with E-state index in [9.17, 15) is 4.79 Å². The smallest absolute Gasteiger partial charge is 0.254 e. The van der Waals surface area contributed by atoms with Crippen LogP contribution in [0.2, 0.25) is 0 Å². The lowest BCUT2D eigenvalue weighted by Crippen LogP contribution is -2.50. The Balaban J connectivity index is 1.31. The average Bonchev–Trinajstić information content (AvgIpc) is 3.51. The van der Waals surface area contributed by atoms with Crippen molar-refractivity contribution in [2.24, 2.45) is 0 Å². The number of pyridine rings is 1. The highest BCUT2D eigenvalue weighted by atomic mass is 32.1. The van der Waals surface area contributed by atoms with Gasteiger partial charge in [0, 0.05) is 44.7 Å². The van der Waals surface area contributed by atoms with Crippen LogP contribution in [0.25, 0.3) is 21.5 Å². The molecule has 2 aromatic heterocycles. The van der Waals surface area contributed by atoms with Crippen molar-refractivity contribution < 1.29 is 4.79 Å². The zero-order chi connectivity index (χ0) is 20.3. The minimum Gasteiger partial charge on any atom is -0.336 e.